The molecular weight excluding hydrogens is 737 g/mol. The van der Waals surface area contributed by atoms with Crippen LogP contribution in [0.15, 0.2) is 164 Å². The van der Waals surface area contributed by atoms with E-state index in [9.17, 15) is 0 Å². The fraction of sp³-hybridized carbons (Fsp3) is 0.0233. The zero-order chi connectivity index (χ0) is 30.4. The van der Waals surface area contributed by atoms with E-state index in [1.807, 2.05) is 54.7 Å². The van der Waals surface area contributed by atoms with Gasteiger partial charge in [-0.2, -0.15) is 0 Å². The minimum absolute atomic E-state index is 0. The smallest absolute Gasteiger partial charge is 0.0196 e. The molecule has 0 aliphatic rings. The molecule has 2 nitrogen and oxygen atoms in total. The van der Waals surface area contributed by atoms with Gasteiger partial charge in [0.05, 0.1) is 0 Å². The van der Waals surface area contributed by atoms with Gasteiger partial charge in [0.15, 0.2) is 0 Å². The molecule has 2 aromatic heterocycles. The Labute approximate surface area is 283 Å². The van der Waals surface area contributed by atoms with Gasteiger partial charge in [0, 0.05) is 32.5 Å². The van der Waals surface area contributed by atoms with Gasteiger partial charge in [-0.1, -0.05) is 114 Å². The van der Waals surface area contributed by atoms with Crippen molar-refractivity contribution in [2.75, 3.05) is 0 Å². The molecule has 8 rings (SSSR count). The molecule has 0 aliphatic heterocycles. The number of fused-ring (bicyclic) bond motifs is 3. The Kier molecular flexibility index (Phi) is 9.55. The summed E-state index contributed by atoms with van der Waals surface area (Å²) >= 11 is 0. The second-order valence-electron chi connectivity index (χ2n) is 10.9. The molecule has 8 aromatic rings. The van der Waals surface area contributed by atoms with Gasteiger partial charge in [-0.15, -0.1) is 65.7 Å². The van der Waals surface area contributed by atoms with E-state index in [2.05, 4.69) is 127 Å². The number of nitrogens with zero attached hydrogens (tertiary/aromatic N) is 2. The van der Waals surface area contributed by atoms with Gasteiger partial charge in [-0.3, -0.25) is 0 Å². The SMILES string of the molecule is Cc1cnc(-c2[c-]cc(-c3cc4ccccc4c4ccccc34)cc2)cc1-c1ccccc1.[Ir].[c-]1ccccc1-c1ccccn1. The van der Waals surface area contributed by atoms with Crippen LogP contribution in [-0.4, -0.2) is 9.97 Å². The Balaban J connectivity index is 0.000000241. The summed E-state index contributed by atoms with van der Waals surface area (Å²) in [7, 11) is 0. The standard InChI is InChI=1S/C32H22N.C11H8N.Ir/c1-22-21-33-32(20-30(22)23-9-3-2-4-10-23)25-17-15-24(16-18-25)31-19-26-11-5-6-12-27(26)28-13-7-8-14-29(28)31;1-2-6-10(7-3-1)11-8-4-5-9-12-11;/h2-17,19-21H,1H3;1-6,8-9H;/q2*-1;. The van der Waals surface area contributed by atoms with Crippen molar-refractivity contribution in [1.29, 1.82) is 0 Å². The topological polar surface area (TPSA) is 25.8 Å². The van der Waals surface area contributed by atoms with E-state index < -0.39 is 0 Å². The first-order valence-corrected chi connectivity index (χ1v) is 15.1. The van der Waals surface area contributed by atoms with Gasteiger partial charge < -0.3 is 9.97 Å². The molecule has 2 heterocycles. The summed E-state index contributed by atoms with van der Waals surface area (Å²) in [6.07, 6.45) is 3.74. The molecule has 6 aromatic carbocycles. The van der Waals surface area contributed by atoms with Crippen LogP contribution in [0.4, 0.5) is 0 Å². The number of aromatic nitrogens is 2. The van der Waals surface area contributed by atoms with Gasteiger partial charge in [0.2, 0.25) is 0 Å². The minimum atomic E-state index is 0. The molecule has 0 unspecified atom stereocenters. The van der Waals surface area contributed by atoms with Gasteiger partial charge in [-0.05, 0) is 62.6 Å². The second kappa shape index (κ2) is 14.3. The predicted octanol–water partition coefficient (Wildman–Crippen LogP) is 11.0. The largest absolute Gasteiger partial charge is 0.305 e. The number of benzene rings is 6. The van der Waals surface area contributed by atoms with Gasteiger partial charge in [0.25, 0.3) is 0 Å². The third-order valence-corrected chi connectivity index (χ3v) is 8.01. The average Bonchev–Trinajstić information content (AvgIpc) is 3.13. The molecule has 46 heavy (non-hydrogen) atoms. The van der Waals surface area contributed by atoms with E-state index in [0.29, 0.717) is 0 Å². The molecule has 0 fully saturated rings. The molecule has 223 valence electrons. The maximum atomic E-state index is 4.70. The molecule has 3 heteroatoms. The first kappa shape index (κ1) is 30.8. The Morgan fingerprint density at radius 3 is 1.96 bits per heavy atom. The van der Waals surface area contributed by atoms with E-state index in [0.717, 1.165) is 28.1 Å². The molecule has 1 radical (unpaired) electrons. The van der Waals surface area contributed by atoms with Crippen LogP contribution in [0.2, 0.25) is 0 Å². The third-order valence-electron chi connectivity index (χ3n) is 8.01. The summed E-state index contributed by atoms with van der Waals surface area (Å²) < 4.78 is 0. The summed E-state index contributed by atoms with van der Waals surface area (Å²) in [5.74, 6) is 0. The summed E-state index contributed by atoms with van der Waals surface area (Å²) in [4.78, 5) is 8.91. The van der Waals surface area contributed by atoms with Crippen LogP contribution in [0.25, 0.3) is 66.3 Å². The molecule has 0 aliphatic carbocycles. The Hall–Kier alpha value is -5.21. The minimum Gasteiger partial charge on any atom is -0.305 e. The Morgan fingerprint density at radius 2 is 1.22 bits per heavy atom. The van der Waals surface area contributed by atoms with Gasteiger partial charge in [-0.25, -0.2) is 0 Å². The van der Waals surface area contributed by atoms with E-state index in [1.54, 1.807) is 6.20 Å². The van der Waals surface area contributed by atoms with E-state index in [1.165, 1.54) is 43.8 Å². The number of hydrogen-bond acceptors (Lipinski definition) is 2. The van der Waals surface area contributed by atoms with Gasteiger partial charge >= 0.3 is 0 Å². The zero-order valence-electron chi connectivity index (χ0n) is 25.3. The number of aryl methyl sites for hydroxylation is 1. The maximum Gasteiger partial charge on any atom is 0.0196 e. The Bertz CT molecular complexity index is 2160. The quantitative estimate of drug-likeness (QED) is 0.132. The third kappa shape index (κ3) is 6.57. The zero-order valence-corrected chi connectivity index (χ0v) is 27.7. The molecule has 0 atom stereocenters. The summed E-state index contributed by atoms with van der Waals surface area (Å²) in [5, 5.41) is 5.08. The number of hydrogen-bond donors (Lipinski definition) is 0. The van der Waals surface area contributed by atoms with Crippen LogP contribution < -0.4 is 0 Å². The molecule has 0 spiro atoms. The fourth-order valence-corrected chi connectivity index (χ4v) is 5.72. The first-order chi connectivity index (χ1) is 22.2. The second-order valence-corrected chi connectivity index (χ2v) is 10.9. The molecule has 0 saturated carbocycles. The normalized spacial score (nSPS) is 10.5. The van der Waals surface area contributed by atoms with E-state index >= 15 is 0 Å². The van der Waals surface area contributed by atoms with Gasteiger partial charge in [0.1, 0.15) is 0 Å². The summed E-state index contributed by atoms with van der Waals surface area (Å²) in [5.41, 5.74) is 9.93. The first-order valence-electron chi connectivity index (χ1n) is 15.1. The van der Waals surface area contributed by atoms with E-state index in [4.69, 9.17) is 4.98 Å². The van der Waals surface area contributed by atoms with Crippen molar-refractivity contribution in [3.8, 4) is 44.8 Å². The van der Waals surface area contributed by atoms with Crippen molar-refractivity contribution in [3.63, 3.8) is 0 Å². The van der Waals surface area contributed by atoms with Crippen LogP contribution in [0.1, 0.15) is 5.56 Å². The number of rotatable bonds is 4. The maximum absolute atomic E-state index is 4.70. The average molecular weight is 767 g/mol. The van der Waals surface area contributed by atoms with Crippen molar-refractivity contribution >= 4 is 21.5 Å². The van der Waals surface area contributed by atoms with Crippen LogP contribution in [0, 0.1) is 19.1 Å². The van der Waals surface area contributed by atoms with Crippen LogP contribution in [-0.2, 0) is 20.1 Å². The fourth-order valence-electron chi connectivity index (χ4n) is 5.72. The predicted molar refractivity (Wildman–Crippen MR) is 188 cm³/mol. The van der Waals surface area contributed by atoms with Crippen LogP contribution in [0.3, 0.4) is 0 Å². The molecular formula is C43H30IrN2-2. The van der Waals surface area contributed by atoms with Crippen molar-refractivity contribution < 1.29 is 20.1 Å². The van der Waals surface area contributed by atoms with Crippen molar-refractivity contribution in [1.82, 2.24) is 9.97 Å². The summed E-state index contributed by atoms with van der Waals surface area (Å²) in [6.45, 7) is 2.11. The summed E-state index contributed by atoms with van der Waals surface area (Å²) in [6, 6.07) is 58.9. The van der Waals surface area contributed by atoms with Crippen molar-refractivity contribution in [3.05, 3.63) is 182 Å². The molecule has 0 amide bonds. The molecule has 0 bridgehead atoms. The molecule has 0 saturated heterocycles. The number of pyridine rings is 2. The van der Waals surface area contributed by atoms with Crippen molar-refractivity contribution in [2.45, 2.75) is 6.92 Å². The monoisotopic (exact) mass is 767 g/mol. The Morgan fingerprint density at radius 1 is 0.500 bits per heavy atom. The van der Waals surface area contributed by atoms with Crippen LogP contribution in [0.5, 0.6) is 0 Å². The van der Waals surface area contributed by atoms with Crippen molar-refractivity contribution in [2.24, 2.45) is 0 Å². The van der Waals surface area contributed by atoms with E-state index in [-0.39, 0.29) is 20.1 Å². The van der Waals surface area contributed by atoms with Crippen LogP contribution >= 0.6 is 0 Å². The molecule has 0 N–H and O–H groups in total.